The zero-order valence-electron chi connectivity index (χ0n) is 14.1. The maximum absolute atomic E-state index is 14.4. The molecule has 0 saturated heterocycles. The van der Waals surface area contributed by atoms with Crippen LogP contribution >= 0.6 is 11.8 Å². The van der Waals surface area contributed by atoms with E-state index in [0.717, 1.165) is 24.6 Å². The Balaban J connectivity index is 1.75. The van der Waals surface area contributed by atoms with Crippen molar-refractivity contribution >= 4 is 17.7 Å². The van der Waals surface area contributed by atoms with Gasteiger partial charge in [0.05, 0.1) is 11.5 Å². The first kappa shape index (κ1) is 18.6. The van der Waals surface area contributed by atoms with Crippen molar-refractivity contribution in [2.45, 2.75) is 30.6 Å². The van der Waals surface area contributed by atoms with Crippen molar-refractivity contribution < 1.29 is 23.4 Å². The molecule has 0 unspecified atom stereocenters. The Kier molecular flexibility index (Phi) is 6.08. The number of carboxylic acids is 1. The van der Waals surface area contributed by atoms with Gasteiger partial charge < -0.3 is 9.84 Å². The van der Waals surface area contributed by atoms with E-state index in [1.807, 2.05) is 0 Å². The number of ether oxygens (including phenoxy) is 1. The number of halogens is 2. The van der Waals surface area contributed by atoms with Gasteiger partial charge in [-0.25, -0.2) is 13.8 Å². The molecule has 0 amide bonds. The van der Waals surface area contributed by atoms with Crippen molar-refractivity contribution in [3.05, 3.63) is 42.1 Å². The van der Waals surface area contributed by atoms with Crippen LogP contribution in [0.15, 0.2) is 35.4 Å². The molecule has 0 atom stereocenters. The predicted octanol–water partition coefficient (Wildman–Crippen LogP) is 4.77. The molecule has 2 aromatic rings. The first-order chi connectivity index (χ1) is 12.5. The summed E-state index contributed by atoms with van der Waals surface area (Å²) in [6.45, 7) is 0.562. The molecule has 1 aliphatic carbocycles. The second-order valence-electron chi connectivity index (χ2n) is 6.23. The van der Waals surface area contributed by atoms with Gasteiger partial charge in [-0.05, 0) is 60.8 Å². The number of nitrogens with zero attached hydrogens (tertiary/aromatic N) is 1. The number of aliphatic carboxylic acids is 1. The van der Waals surface area contributed by atoms with E-state index in [9.17, 15) is 13.6 Å². The first-order valence-corrected chi connectivity index (χ1v) is 9.45. The highest BCUT2D eigenvalue weighted by Gasteiger charge is 2.23. The lowest BCUT2D eigenvalue weighted by Crippen LogP contribution is -2.02. The Bertz CT molecular complexity index is 773. The van der Waals surface area contributed by atoms with Gasteiger partial charge in [-0.15, -0.1) is 11.8 Å². The van der Waals surface area contributed by atoms with Crippen molar-refractivity contribution in [2.75, 3.05) is 12.4 Å². The SMILES string of the molecule is O=C(O)CCCSc1c(F)cc(-c2cccnc2OCC2CC2)cc1F. The Morgan fingerprint density at radius 3 is 2.69 bits per heavy atom. The van der Waals surface area contributed by atoms with Crippen LogP contribution in [0.5, 0.6) is 5.88 Å². The van der Waals surface area contributed by atoms with Crippen LogP contribution in [0.25, 0.3) is 11.1 Å². The molecule has 1 fully saturated rings. The summed E-state index contributed by atoms with van der Waals surface area (Å²) >= 11 is 0.986. The van der Waals surface area contributed by atoms with Crippen LogP contribution in [0.2, 0.25) is 0 Å². The lowest BCUT2D eigenvalue weighted by atomic mass is 10.1. The van der Waals surface area contributed by atoms with Gasteiger partial charge in [0.2, 0.25) is 5.88 Å². The molecule has 0 spiro atoms. The van der Waals surface area contributed by atoms with Gasteiger partial charge in [0.1, 0.15) is 11.6 Å². The van der Waals surface area contributed by atoms with E-state index >= 15 is 0 Å². The molecule has 0 bridgehead atoms. The lowest BCUT2D eigenvalue weighted by Gasteiger charge is -2.12. The summed E-state index contributed by atoms with van der Waals surface area (Å²) in [5.41, 5.74) is 0.919. The quantitative estimate of drug-likeness (QED) is 0.502. The smallest absolute Gasteiger partial charge is 0.303 e. The Labute approximate surface area is 154 Å². The van der Waals surface area contributed by atoms with Gasteiger partial charge in [-0.1, -0.05) is 0 Å². The van der Waals surface area contributed by atoms with Crippen LogP contribution < -0.4 is 4.74 Å². The molecule has 138 valence electrons. The van der Waals surface area contributed by atoms with Gasteiger partial charge in [0, 0.05) is 18.2 Å². The third-order valence-corrected chi connectivity index (χ3v) is 5.19. The van der Waals surface area contributed by atoms with Crippen LogP contribution in [0.4, 0.5) is 8.78 Å². The number of benzene rings is 1. The van der Waals surface area contributed by atoms with E-state index in [0.29, 0.717) is 41.7 Å². The van der Waals surface area contributed by atoms with E-state index in [4.69, 9.17) is 9.84 Å². The fourth-order valence-electron chi connectivity index (χ4n) is 2.46. The van der Waals surface area contributed by atoms with Gasteiger partial charge >= 0.3 is 5.97 Å². The molecule has 3 rings (SSSR count). The second kappa shape index (κ2) is 8.49. The Morgan fingerprint density at radius 2 is 2.04 bits per heavy atom. The normalized spacial score (nSPS) is 13.6. The Morgan fingerprint density at radius 1 is 1.31 bits per heavy atom. The average molecular weight is 379 g/mol. The number of pyridine rings is 1. The molecule has 26 heavy (non-hydrogen) atoms. The molecule has 1 saturated carbocycles. The second-order valence-corrected chi connectivity index (χ2v) is 7.33. The third-order valence-electron chi connectivity index (χ3n) is 4.01. The summed E-state index contributed by atoms with van der Waals surface area (Å²) in [6, 6.07) is 5.96. The largest absolute Gasteiger partial charge is 0.481 e. The minimum absolute atomic E-state index is 0.0221. The van der Waals surface area contributed by atoms with E-state index < -0.39 is 17.6 Å². The van der Waals surface area contributed by atoms with Crippen LogP contribution in [0.3, 0.4) is 0 Å². The standard InChI is InChI=1S/C19H19F2NO3S/c20-15-9-13(10-16(21)18(15)26-8-2-4-17(23)24)14-3-1-7-22-19(14)25-11-12-5-6-12/h1,3,7,9-10,12H,2,4-6,8,11H2,(H,23,24). The summed E-state index contributed by atoms with van der Waals surface area (Å²) < 4.78 is 34.5. The summed E-state index contributed by atoms with van der Waals surface area (Å²) in [5.74, 6) is -1.00. The van der Waals surface area contributed by atoms with Gasteiger partial charge in [0.15, 0.2) is 0 Å². The molecular formula is C19H19F2NO3S. The predicted molar refractivity (Wildman–Crippen MR) is 95.4 cm³/mol. The summed E-state index contributed by atoms with van der Waals surface area (Å²) in [5, 5.41) is 8.61. The molecule has 1 aromatic carbocycles. The topological polar surface area (TPSA) is 59.4 Å². The van der Waals surface area contributed by atoms with E-state index in [1.54, 1.807) is 18.3 Å². The maximum atomic E-state index is 14.4. The zero-order valence-corrected chi connectivity index (χ0v) is 14.9. The number of hydrogen-bond donors (Lipinski definition) is 1. The van der Waals surface area contributed by atoms with Gasteiger partial charge in [-0.2, -0.15) is 0 Å². The number of rotatable bonds is 9. The van der Waals surface area contributed by atoms with Crippen molar-refractivity contribution in [3.63, 3.8) is 0 Å². The summed E-state index contributed by atoms with van der Waals surface area (Å²) in [4.78, 5) is 14.6. The lowest BCUT2D eigenvalue weighted by molar-refractivity contribution is -0.137. The highest BCUT2D eigenvalue weighted by Crippen LogP contribution is 2.35. The summed E-state index contributed by atoms with van der Waals surface area (Å²) in [6.07, 6.45) is 4.19. The highest BCUT2D eigenvalue weighted by molar-refractivity contribution is 7.99. The number of aromatic nitrogens is 1. The van der Waals surface area contributed by atoms with Crippen LogP contribution in [-0.4, -0.2) is 28.4 Å². The van der Waals surface area contributed by atoms with E-state index in [-0.39, 0.29) is 11.3 Å². The molecule has 1 N–H and O–H groups in total. The van der Waals surface area contributed by atoms with Crippen LogP contribution in [0.1, 0.15) is 25.7 Å². The van der Waals surface area contributed by atoms with Crippen LogP contribution in [-0.2, 0) is 4.79 Å². The number of hydrogen-bond acceptors (Lipinski definition) is 4. The van der Waals surface area contributed by atoms with E-state index in [1.165, 1.54) is 12.1 Å². The van der Waals surface area contributed by atoms with Crippen molar-refractivity contribution in [3.8, 4) is 17.0 Å². The van der Waals surface area contributed by atoms with Crippen molar-refractivity contribution in [1.82, 2.24) is 4.98 Å². The fraction of sp³-hybridized carbons (Fsp3) is 0.368. The average Bonchev–Trinajstić information content (AvgIpc) is 3.43. The van der Waals surface area contributed by atoms with Gasteiger partial charge in [0.25, 0.3) is 0 Å². The molecule has 0 radical (unpaired) electrons. The summed E-state index contributed by atoms with van der Waals surface area (Å²) in [7, 11) is 0. The molecule has 1 aliphatic rings. The number of thioether (sulfide) groups is 1. The number of carboxylic acid groups (broad SMARTS) is 1. The van der Waals surface area contributed by atoms with Crippen LogP contribution in [0, 0.1) is 17.6 Å². The first-order valence-electron chi connectivity index (χ1n) is 8.46. The minimum atomic E-state index is -0.919. The molecule has 1 aromatic heterocycles. The molecule has 1 heterocycles. The fourth-order valence-corrected chi connectivity index (χ4v) is 3.34. The highest BCUT2D eigenvalue weighted by atomic mass is 32.2. The molecule has 4 nitrogen and oxygen atoms in total. The van der Waals surface area contributed by atoms with Crippen molar-refractivity contribution in [1.29, 1.82) is 0 Å². The zero-order chi connectivity index (χ0) is 18.5. The van der Waals surface area contributed by atoms with Gasteiger partial charge in [-0.3, -0.25) is 4.79 Å². The number of carbonyl (C=O) groups is 1. The molecule has 0 aliphatic heterocycles. The minimum Gasteiger partial charge on any atom is -0.481 e. The van der Waals surface area contributed by atoms with E-state index in [2.05, 4.69) is 4.98 Å². The monoisotopic (exact) mass is 379 g/mol. The molecule has 7 heteroatoms. The van der Waals surface area contributed by atoms with Crippen molar-refractivity contribution in [2.24, 2.45) is 5.92 Å². The molecular weight excluding hydrogens is 360 g/mol. The Hall–Kier alpha value is -2.15. The maximum Gasteiger partial charge on any atom is 0.303 e. The third kappa shape index (κ3) is 4.94.